The molecule has 0 aliphatic carbocycles. The van der Waals surface area contributed by atoms with Crippen LogP contribution in [0.15, 0.2) is 202 Å². The molecule has 0 spiro atoms. The first kappa shape index (κ1) is 36.4. The van der Waals surface area contributed by atoms with Gasteiger partial charge in [-0.2, -0.15) is 0 Å². The topological polar surface area (TPSA) is 63.9 Å². The van der Waals surface area contributed by atoms with Gasteiger partial charge in [-0.1, -0.05) is 116 Å². The van der Waals surface area contributed by atoms with Gasteiger partial charge in [0.15, 0.2) is 0 Å². The molecule has 0 aliphatic heterocycles. The maximum Gasteiger partial charge on any atom is 0.0891 e. The summed E-state index contributed by atoms with van der Waals surface area (Å²) in [4.78, 5) is 22.1. The molecule has 0 unspecified atom stereocenters. The van der Waals surface area contributed by atoms with Gasteiger partial charge in [-0.15, -0.1) is 13.2 Å². The van der Waals surface area contributed by atoms with E-state index in [1.165, 1.54) is 48.7 Å². The molecular formula is C52H39N5. The summed E-state index contributed by atoms with van der Waals surface area (Å²) in [6.45, 7) is 11.4. The van der Waals surface area contributed by atoms with Crippen LogP contribution < -0.4 is 0 Å². The van der Waals surface area contributed by atoms with E-state index in [4.69, 9.17) is 0 Å². The van der Waals surface area contributed by atoms with Gasteiger partial charge in [0, 0.05) is 77.1 Å². The summed E-state index contributed by atoms with van der Waals surface area (Å²) < 4.78 is 0. The molecule has 0 amide bonds. The van der Waals surface area contributed by atoms with Crippen molar-refractivity contribution in [2.24, 2.45) is 4.99 Å². The average Bonchev–Trinajstić information content (AvgIpc) is 3.29. The second kappa shape index (κ2) is 16.4. The van der Waals surface area contributed by atoms with Gasteiger partial charge in [0.05, 0.1) is 11.9 Å². The number of aliphatic imine (C=N–C) groups is 1. The molecule has 0 N–H and O–H groups in total. The SMILES string of the molecule is C=C.C=CC=N/C=C\C.c1ccc2c(-c3cc(-c4cncc5ccccc45)cc(-c4ccc5ccc6c(-c7cnccn7)ccc7ccc4c5c76)c3)cncc2c1. The Hall–Kier alpha value is -7.63. The van der Waals surface area contributed by atoms with Crippen molar-refractivity contribution in [3.05, 3.63) is 197 Å². The van der Waals surface area contributed by atoms with E-state index in [1.807, 2.05) is 44.0 Å². The minimum Gasteiger partial charge on any atom is -0.265 e. The molecule has 10 aromatic rings. The molecule has 0 atom stereocenters. The van der Waals surface area contributed by atoms with Gasteiger partial charge in [-0.25, -0.2) is 0 Å². The Bertz CT molecular complexity index is 2980. The summed E-state index contributed by atoms with van der Waals surface area (Å²) in [6, 6.07) is 41.8. The number of benzene rings is 7. The number of nitrogens with zero attached hydrogens (tertiary/aromatic N) is 5. The summed E-state index contributed by atoms with van der Waals surface area (Å²) in [6.07, 6.45) is 20.0. The van der Waals surface area contributed by atoms with Crippen molar-refractivity contribution < 1.29 is 0 Å². The van der Waals surface area contributed by atoms with Crippen LogP contribution in [0.5, 0.6) is 0 Å². The monoisotopic (exact) mass is 733 g/mol. The quantitative estimate of drug-likeness (QED) is 0.0969. The smallest absolute Gasteiger partial charge is 0.0891 e. The van der Waals surface area contributed by atoms with Crippen molar-refractivity contribution in [1.82, 2.24) is 19.9 Å². The van der Waals surface area contributed by atoms with Crippen LogP contribution in [0.4, 0.5) is 0 Å². The number of allylic oxidation sites excluding steroid dienone is 2. The van der Waals surface area contributed by atoms with Crippen LogP contribution in [0.25, 0.3) is 98.5 Å². The Morgan fingerprint density at radius 3 is 1.56 bits per heavy atom. The lowest BCUT2D eigenvalue weighted by Crippen LogP contribution is -1.92. The van der Waals surface area contributed by atoms with Gasteiger partial charge in [0.1, 0.15) is 0 Å². The third kappa shape index (κ3) is 6.95. The summed E-state index contributed by atoms with van der Waals surface area (Å²) in [5.74, 6) is 0. The highest BCUT2D eigenvalue weighted by Crippen LogP contribution is 2.44. The number of hydrogen-bond acceptors (Lipinski definition) is 5. The van der Waals surface area contributed by atoms with E-state index in [-0.39, 0.29) is 0 Å². The minimum absolute atomic E-state index is 0.875. The van der Waals surface area contributed by atoms with Gasteiger partial charge < -0.3 is 0 Å². The summed E-state index contributed by atoms with van der Waals surface area (Å²) in [7, 11) is 0. The van der Waals surface area contributed by atoms with Crippen LogP contribution in [-0.2, 0) is 0 Å². The van der Waals surface area contributed by atoms with Crippen molar-refractivity contribution >= 4 is 60.1 Å². The van der Waals surface area contributed by atoms with Gasteiger partial charge >= 0.3 is 0 Å². The summed E-state index contributed by atoms with van der Waals surface area (Å²) >= 11 is 0. The zero-order chi connectivity index (χ0) is 39.1. The maximum atomic E-state index is 4.66. The van der Waals surface area contributed by atoms with Gasteiger partial charge in [0.25, 0.3) is 0 Å². The molecular weight excluding hydrogens is 695 g/mol. The zero-order valence-electron chi connectivity index (χ0n) is 31.7. The van der Waals surface area contributed by atoms with Gasteiger partial charge in [-0.05, 0) is 90.5 Å². The van der Waals surface area contributed by atoms with Crippen molar-refractivity contribution in [3.8, 4) is 44.6 Å². The molecule has 0 aliphatic rings. The molecule has 0 saturated heterocycles. The Balaban J connectivity index is 0.000000460. The molecule has 57 heavy (non-hydrogen) atoms. The molecule has 10 rings (SSSR count). The first-order valence-corrected chi connectivity index (χ1v) is 18.8. The van der Waals surface area contributed by atoms with E-state index in [9.17, 15) is 0 Å². The highest BCUT2D eigenvalue weighted by molar-refractivity contribution is 6.27. The van der Waals surface area contributed by atoms with Crippen LogP contribution in [0, 0.1) is 0 Å². The second-order valence-electron chi connectivity index (χ2n) is 13.4. The van der Waals surface area contributed by atoms with E-state index in [2.05, 4.69) is 160 Å². The molecule has 0 bridgehead atoms. The Kier molecular flexibility index (Phi) is 10.5. The van der Waals surface area contributed by atoms with E-state index in [1.54, 1.807) is 30.9 Å². The lowest BCUT2D eigenvalue weighted by atomic mass is 9.86. The number of hydrogen-bond donors (Lipinski definition) is 0. The summed E-state index contributed by atoms with van der Waals surface area (Å²) in [5, 5.41) is 11.9. The predicted octanol–water partition coefficient (Wildman–Crippen LogP) is 13.7. The third-order valence-corrected chi connectivity index (χ3v) is 10.1. The molecule has 5 nitrogen and oxygen atoms in total. The molecule has 0 radical (unpaired) electrons. The van der Waals surface area contributed by atoms with E-state index in [0.717, 1.165) is 49.8 Å². The van der Waals surface area contributed by atoms with Gasteiger partial charge in [-0.3, -0.25) is 24.9 Å². The molecule has 0 fully saturated rings. The lowest BCUT2D eigenvalue weighted by Gasteiger charge is -2.18. The molecule has 3 heterocycles. The van der Waals surface area contributed by atoms with E-state index in [0.29, 0.717) is 0 Å². The van der Waals surface area contributed by atoms with Crippen LogP contribution in [0.3, 0.4) is 0 Å². The fourth-order valence-corrected chi connectivity index (χ4v) is 7.70. The number of pyridine rings is 2. The number of fused-ring (bicyclic) bond motifs is 2. The standard InChI is InChI=1S/C44H26N4.C6H9N.C2H4/c1-3-7-34-29(5-1)22-46-24-40(34)32-19-31(20-33(21-32)41-25-47-23-30-6-2-4-8-35(30)41)36-13-9-27-12-16-39-37(42-26-45-17-18-48-42)14-10-28-11-15-38(36)43(27)44(28)39;1-3-5-7-6-4-2;1-2/h1-26H;3-6H,1H2,2H3;1-2H2/b;6-4-,7-5?;. The molecule has 5 heteroatoms. The first-order chi connectivity index (χ1) is 28.2. The zero-order valence-corrected chi connectivity index (χ0v) is 31.7. The Labute approximate surface area is 332 Å². The fraction of sp³-hybridized carbons (Fsp3) is 0.0192. The van der Waals surface area contributed by atoms with E-state index >= 15 is 0 Å². The number of rotatable bonds is 6. The average molecular weight is 734 g/mol. The minimum atomic E-state index is 0.875. The van der Waals surface area contributed by atoms with Crippen LogP contribution in [0.1, 0.15) is 6.92 Å². The first-order valence-electron chi connectivity index (χ1n) is 18.8. The van der Waals surface area contributed by atoms with Crippen LogP contribution in [0.2, 0.25) is 0 Å². The summed E-state index contributed by atoms with van der Waals surface area (Å²) in [5.41, 5.74) is 8.76. The van der Waals surface area contributed by atoms with Crippen molar-refractivity contribution in [2.75, 3.05) is 0 Å². The Morgan fingerprint density at radius 1 is 0.491 bits per heavy atom. The highest BCUT2D eigenvalue weighted by atomic mass is 14.8. The number of aromatic nitrogens is 4. The van der Waals surface area contributed by atoms with Crippen LogP contribution >= 0.6 is 0 Å². The normalized spacial score (nSPS) is 11.3. The maximum absolute atomic E-state index is 4.66. The third-order valence-electron chi connectivity index (χ3n) is 10.1. The second-order valence-corrected chi connectivity index (χ2v) is 13.4. The van der Waals surface area contributed by atoms with Crippen LogP contribution in [-0.4, -0.2) is 26.2 Å². The molecule has 0 saturated carbocycles. The van der Waals surface area contributed by atoms with E-state index < -0.39 is 0 Å². The predicted molar refractivity (Wildman–Crippen MR) is 243 cm³/mol. The molecule has 3 aromatic heterocycles. The largest absolute Gasteiger partial charge is 0.265 e. The van der Waals surface area contributed by atoms with Crippen molar-refractivity contribution in [3.63, 3.8) is 0 Å². The van der Waals surface area contributed by atoms with Gasteiger partial charge in [0.2, 0.25) is 0 Å². The molecule has 272 valence electrons. The van der Waals surface area contributed by atoms with Crippen molar-refractivity contribution in [1.29, 1.82) is 0 Å². The molecule has 7 aromatic carbocycles. The van der Waals surface area contributed by atoms with Crippen molar-refractivity contribution in [2.45, 2.75) is 6.92 Å². The fourth-order valence-electron chi connectivity index (χ4n) is 7.70. The highest BCUT2D eigenvalue weighted by Gasteiger charge is 2.17. The lowest BCUT2D eigenvalue weighted by molar-refractivity contribution is 1.21. The Morgan fingerprint density at radius 2 is 1.02 bits per heavy atom.